The molecule has 1 aliphatic carbocycles. The molecule has 2 fully saturated rings. The molecule has 4 aromatic rings. The summed E-state index contributed by atoms with van der Waals surface area (Å²) in [6.07, 6.45) is 5.37. The number of aromatic amines is 1. The first-order valence-electron chi connectivity index (χ1n) is 10.5. The second-order valence-corrected chi connectivity index (χ2v) is 8.79. The maximum atomic E-state index is 15.5. The summed E-state index contributed by atoms with van der Waals surface area (Å²) in [7, 11) is 0. The largest absolute Gasteiger partial charge is 0.391 e. The number of nitrogens with zero attached hydrogens (tertiary/aromatic N) is 5. The number of halogens is 3. The minimum atomic E-state index is -1.10. The number of imidazole rings is 1. The van der Waals surface area contributed by atoms with Crippen LogP contribution < -0.4 is 10.2 Å². The summed E-state index contributed by atoms with van der Waals surface area (Å²) in [5.74, 6) is -1.39. The molecule has 0 radical (unpaired) electrons. The molecule has 1 aliphatic heterocycles. The van der Waals surface area contributed by atoms with Crippen molar-refractivity contribution in [2.24, 2.45) is 5.92 Å². The highest BCUT2D eigenvalue weighted by Crippen LogP contribution is 2.43. The SMILES string of the molecule is O=C(Nc1cn2cc(-c3c(Cl)c(F)c(N4CC[C@H](O)C4)c4[nH]ncc34)ncc2n1)[C@@H]1C[C@@H]1F. The van der Waals surface area contributed by atoms with Gasteiger partial charge in [-0.25, -0.2) is 13.8 Å². The molecule has 3 aromatic heterocycles. The van der Waals surface area contributed by atoms with Crippen LogP contribution in [0.5, 0.6) is 0 Å². The Hall–Kier alpha value is -3.31. The molecule has 12 heteroatoms. The lowest BCUT2D eigenvalue weighted by Gasteiger charge is -2.21. The maximum Gasteiger partial charge on any atom is 0.231 e. The number of hydrogen-bond donors (Lipinski definition) is 3. The summed E-state index contributed by atoms with van der Waals surface area (Å²) in [5.41, 5.74) is 1.93. The summed E-state index contributed by atoms with van der Waals surface area (Å²) >= 11 is 6.50. The number of carbonyl (C=O) groups is 1. The Bertz CT molecular complexity index is 1420. The fraction of sp³-hybridized carbons (Fsp3) is 0.333. The van der Waals surface area contributed by atoms with Gasteiger partial charge in [-0.3, -0.25) is 14.9 Å². The summed E-state index contributed by atoms with van der Waals surface area (Å²) in [6.45, 7) is 0.804. The van der Waals surface area contributed by atoms with Crippen LogP contribution in [0.15, 0.2) is 24.8 Å². The normalized spacial score (nSPS) is 22.4. The van der Waals surface area contributed by atoms with Crippen LogP contribution in [0.1, 0.15) is 12.8 Å². The number of aliphatic hydroxyl groups excluding tert-OH is 1. The minimum Gasteiger partial charge on any atom is -0.391 e. The number of benzene rings is 1. The van der Waals surface area contributed by atoms with Crippen LogP contribution >= 0.6 is 11.6 Å². The van der Waals surface area contributed by atoms with Crippen molar-refractivity contribution in [1.82, 2.24) is 24.6 Å². The van der Waals surface area contributed by atoms with Gasteiger partial charge in [0.1, 0.15) is 11.9 Å². The van der Waals surface area contributed by atoms with Crippen molar-refractivity contribution in [3.8, 4) is 11.3 Å². The quantitative estimate of drug-likeness (QED) is 0.420. The summed E-state index contributed by atoms with van der Waals surface area (Å²) in [6, 6.07) is 0. The number of nitrogens with one attached hydrogen (secondary N) is 2. The highest BCUT2D eigenvalue weighted by atomic mass is 35.5. The molecule has 33 heavy (non-hydrogen) atoms. The number of anilines is 2. The number of hydrogen-bond acceptors (Lipinski definition) is 6. The molecule has 1 saturated heterocycles. The van der Waals surface area contributed by atoms with Crippen LogP contribution in [0.4, 0.5) is 20.3 Å². The average molecular weight is 474 g/mol. The van der Waals surface area contributed by atoms with Gasteiger partial charge in [-0.1, -0.05) is 11.6 Å². The molecular weight excluding hydrogens is 456 g/mol. The second kappa shape index (κ2) is 7.35. The number of β-amino-alcohol motifs (C(OH)–C–C–N with tert-alkyl or cyclic N) is 1. The van der Waals surface area contributed by atoms with Crippen LogP contribution in [0.2, 0.25) is 5.02 Å². The van der Waals surface area contributed by atoms with Gasteiger partial charge in [0.05, 0.1) is 46.8 Å². The van der Waals surface area contributed by atoms with Crippen molar-refractivity contribution in [3.05, 3.63) is 35.6 Å². The monoisotopic (exact) mass is 473 g/mol. The molecule has 1 amide bonds. The molecule has 3 atom stereocenters. The number of fused-ring (bicyclic) bond motifs is 2. The number of H-pyrrole nitrogens is 1. The van der Waals surface area contributed by atoms with E-state index in [0.717, 1.165) is 0 Å². The predicted octanol–water partition coefficient (Wildman–Crippen LogP) is 2.93. The van der Waals surface area contributed by atoms with E-state index in [2.05, 4.69) is 25.5 Å². The Balaban J connectivity index is 1.41. The van der Waals surface area contributed by atoms with Gasteiger partial charge in [0.15, 0.2) is 17.3 Å². The first kappa shape index (κ1) is 20.3. The number of amides is 1. The molecule has 9 nitrogen and oxygen atoms in total. The van der Waals surface area contributed by atoms with E-state index in [1.54, 1.807) is 27.9 Å². The Labute approximate surface area is 190 Å². The zero-order chi connectivity index (χ0) is 22.9. The van der Waals surface area contributed by atoms with Gasteiger partial charge >= 0.3 is 0 Å². The zero-order valence-corrected chi connectivity index (χ0v) is 17.9. The van der Waals surface area contributed by atoms with E-state index in [1.165, 1.54) is 6.20 Å². The molecule has 0 bridgehead atoms. The lowest BCUT2D eigenvalue weighted by Crippen LogP contribution is -2.23. The molecule has 2 aliphatic rings. The lowest BCUT2D eigenvalue weighted by atomic mass is 10.0. The number of alkyl halides is 1. The highest BCUT2D eigenvalue weighted by Gasteiger charge is 2.43. The zero-order valence-electron chi connectivity index (χ0n) is 17.1. The third-order valence-electron chi connectivity index (χ3n) is 6.14. The Morgan fingerprint density at radius 3 is 2.88 bits per heavy atom. The molecule has 6 rings (SSSR count). The first-order chi connectivity index (χ1) is 15.9. The van der Waals surface area contributed by atoms with E-state index in [1.807, 2.05) is 0 Å². The van der Waals surface area contributed by atoms with Crippen LogP contribution in [0.25, 0.3) is 27.8 Å². The van der Waals surface area contributed by atoms with E-state index < -0.39 is 29.9 Å². The van der Waals surface area contributed by atoms with Gasteiger partial charge in [-0.05, 0) is 12.8 Å². The number of rotatable bonds is 4. The van der Waals surface area contributed by atoms with Crippen molar-refractivity contribution in [2.75, 3.05) is 23.3 Å². The smallest absolute Gasteiger partial charge is 0.231 e. The summed E-state index contributed by atoms with van der Waals surface area (Å²) in [5, 5.41) is 19.9. The van der Waals surface area contributed by atoms with Crippen LogP contribution in [-0.4, -0.2) is 60.9 Å². The number of carbonyl (C=O) groups excluding carboxylic acids is 1. The maximum absolute atomic E-state index is 15.5. The predicted molar refractivity (Wildman–Crippen MR) is 118 cm³/mol. The minimum absolute atomic E-state index is 0.108. The Morgan fingerprint density at radius 1 is 1.33 bits per heavy atom. The summed E-state index contributed by atoms with van der Waals surface area (Å²) < 4.78 is 30.2. The van der Waals surface area contributed by atoms with E-state index in [9.17, 15) is 14.3 Å². The highest BCUT2D eigenvalue weighted by molar-refractivity contribution is 6.36. The van der Waals surface area contributed by atoms with E-state index in [-0.39, 0.29) is 22.9 Å². The molecule has 0 unspecified atom stereocenters. The molecule has 170 valence electrons. The van der Waals surface area contributed by atoms with Gasteiger partial charge in [0, 0.05) is 30.2 Å². The van der Waals surface area contributed by atoms with Crippen molar-refractivity contribution in [1.29, 1.82) is 0 Å². The van der Waals surface area contributed by atoms with Crippen molar-refractivity contribution >= 4 is 45.6 Å². The van der Waals surface area contributed by atoms with Gasteiger partial charge in [-0.15, -0.1) is 0 Å². The standard InChI is InChI=1S/C21H18ClF2N7O2/c22-17-16(11-4-26-29-19(11)20(18(17)24)30-2-1-9(32)6-30)13-7-31-8-14(27-15(31)5-25-13)28-21(33)10-3-12(10)23/h4-5,7-10,12,32H,1-3,6H2,(H,26,29)(H,28,33)/t9-,10+,12-/m0/s1. The van der Waals surface area contributed by atoms with Crippen molar-refractivity contribution in [2.45, 2.75) is 25.1 Å². The van der Waals surface area contributed by atoms with Gasteiger partial charge in [-0.2, -0.15) is 5.10 Å². The molecule has 0 spiro atoms. The Morgan fingerprint density at radius 2 is 2.15 bits per heavy atom. The lowest BCUT2D eigenvalue weighted by molar-refractivity contribution is -0.117. The Kier molecular flexibility index (Phi) is 4.53. The van der Waals surface area contributed by atoms with Crippen LogP contribution in [0.3, 0.4) is 0 Å². The van der Waals surface area contributed by atoms with Crippen molar-refractivity contribution < 1.29 is 18.7 Å². The fourth-order valence-corrected chi connectivity index (χ4v) is 4.62. The number of aliphatic hydroxyl groups is 1. The topological polar surface area (TPSA) is 111 Å². The third-order valence-corrected chi connectivity index (χ3v) is 6.50. The molecule has 1 saturated carbocycles. The van der Waals surface area contributed by atoms with E-state index in [0.29, 0.717) is 47.3 Å². The van der Waals surface area contributed by atoms with E-state index >= 15 is 4.39 Å². The molecule has 4 heterocycles. The van der Waals surface area contributed by atoms with E-state index in [4.69, 9.17) is 11.6 Å². The average Bonchev–Trinajstić information content (AvgIpc) is 3.16. The fourth-order valence-electron chi connectivity index (χ4n) is 4.33. The first-order valence-corrected chi connectivity index (χ1v) is 10.9. The van der Waals surface area contributed by atoms with Gasteiger partial charge in [0.25, 0.3) is 0 Å². The van der Waals surface area contributed by atoms with Crippen molar-refractivity contribution in [3.63, 3.8) is 0 Å². The third kappa shape index (κ3) is 3.30. The number of aromatic nitrogens is 5. The summed E-state index contributed by atoms with van der Waals surface area (Å²) in [4.78, 5) is 22.4. The molecular formula is C21H18ClF2N7O2. The van der Waals surface area contributed by atoms with Crippen LogP contribution in [0, 0.1) is 11.7 Å². The molecule has 1 aromatic carbocycles. The van der Waals surface area contributed by atoms with Gasteiger partial charge in [0.2, 0.25) is 5.91 Å². The molecule has 3 N–H and O–H groups in total. The van der Waals surface area contributed by atoms with Gasteiger partial charge < -0.3 is 19.7 Å². The second-order valence-electron chi connectivity index (χ2n) is 8.41. The van der Waals surface area contributed by atoms with Crippen LogP contribution in [-0.2, 0) is 4.79 Å².